The highest BCUT2D eigenvalue weighted by Gasteiger charge is 2.25. The number of aromatic nitrogens is 8. The number of halogens is 4. The average Bonchev–Trinajstić information content (AvgIpc) is 4.24. The lowest BCUT2D eigenvalue weighted by molar-refractivity contribution is -0.0206. The molecule has 0 unspecified atom stereocenters. The van der Waals surface area contributed by atoms with Gasteiger partial charge in [0.25, 0.3) is 0 Å². The van der Waals surface area contributed by atoms with Gasteiger partial charge in [-0.2, -0.15) is 0 Å². The first-order chi connectivity index (χ1) is 38.3. The Labute approximate surface area is 474 Å². The second-order valence-corrected chi connectivity index (χ2v) is 18.2. The number of methoxy groups -OCH3 is 4. The van der Waals surface area contributed by atoms with Crippen molar-refractivity contribution < 1.29 is 75.8 Å². The zero-order valence-corrected chi connectivity index (χ0v) is 47.9. The zero-order chi connectivity index (χ0) is 55.4. The van der Waals surface area contributed by atoms with Gasteiger partial charge in [-0.3, -0.25) is 0 Å². The van der Waals surface area contributed by atoms with Crippen molar-refractivity contribution in [2.24, 2.45) is 0 Å². The van der Waals surface area contributed by atoms with Crippen LogP contribution in [-0.2, 0) is 75.8 Å². The van der Waals surface area contributed by atoms with Crippen molar-refractivity contribution in [1.29, 1.82) is 0 Å². The fourth-order valence-electron chi connectivity index (χ4n) is 7.02. The Morgan fingerprint density at radius 1 is 0.333 bits per heavy atom. The Bertz CT molecular complexity index is 2190. The third-order valence-corrected chi connectivity index (χ3v) is 12.9. The Morgan fingerprint density at radius 2 is 0.577 bits per heavy atom. The highest BCUT2D eigenvalue weighted by atomic mass is 35.5. The molecule has 5 rings (SSSR count). The van der Waals surface area contributed by atoms with Crippen molar-refractivity contribution in [3.8, 4) is 22.5 Å². The van der Waals surface area contributed by atoms with Crippen molar-refractivity contribution >= 4 is 68.5 Å². The topological polar surface area (TPSA) is 235 Å². The molecule has 5 aromatic rings. The highest BCUT2D eigenvalue weighted by Crippen LogP contribution is 2.43. The van der Waals surface area contributed by atoms with E-state index in [1.165, 1.54) is 0 Å². The normalized spacial score (nSPS) is 12.0. The summed E-state index contributed by atoms with van der Waals surface area (Å²) in [5.41, 5.74) is 3.29. The van der Waals surface area contributed by atoms with Gasteiger partial charge in [-0.25, -0.2) is 19.3 Å². The van der Waals surface area contributed by atoms with Crippen LogP contribution in [0.3, 0.4) is 0 Å². The van der Waals surface area contributed by atoms with Gasteiger partial charge in [0.15, 0.2) is 0 Å². The van der Waals surface area contributed by atoms with Crippen LogP contribution in [0.5, 0.6) is 0 Å². The van der Waals surface area contributed by atoms with E-state index in [1.54, 1.807) is 50.2 Å². The number of benzene rings is 2. The quantitative estimate of drug-likeness (QED) is 0.0194. The van der Waals surface area contributed by atoms with Gasteiger partial charge in [-0.15, -0.1) is 10.2 Å². The molecule has 438 valence electrons. The third-order valence-electron chi connectivity index (χ3n) is 11.1. The average molecular weight is 1180 g/mol. The number of hydrogen-bond acceptors (Lipinski definition) is 22. The molecule has 0 aliphatic heterocycles. The van der Waals surface area contributed by atoms with Gasteiger partial charge in [-0.1, -0.05) is 56.8 Å². The molecule has 0 saturated heterocycles. The lowest BCUT2D eigenvalue weighted by Crippen LogP contribution is -2.24. The minimum absolute atomic E-state index is 0.0352. The molecule has 3 heterocycles. The van der Waals surface area contributed by atoms with Gasteiger partial charge < -0.3 is 75.8 Å². The Balaban J connectivity index is 1.37. The first-order valence-corrected chi connectivity index (χ1v) is 27.0. The summed E-state index contributed by atoms with van der Waals surface area (Å²) in [6, 6.07) is 2.89. The van der Waals surface area contributed by atoms with E-state index in [2.05, 4.69) is 20.6 Å². The molecule has 78 heavy (non-hydrogen) atoms. The van der Waals surface area contributed by atoms with E-state index in [4.69, 9.17) is 132 Å². The number of fused-ring (bicyclic) bond motifs is 2. The molecule has 0 amide bonds. The number of hydrogen-bond donors (Lipinski definition) is 0. The van der Waals surface area contributed by atoms with E-state index < -0.39 is 12.1 Å². The number of ether oxygens (including phenoxy) is 16. The first kappa shape index (κ1) is 65.6. The molecule has 0 aliphatic rings. The molecule has 0 bridgehead atoms. The predicted molar refractivity (Wildman–Crippen MR) is 291 cm³/mol. The summed E-state index contributed by atoms with van der Waals surface area (Å²) in [4.78, 5) is 10.1. The molecule has 0 saturated carbocycles. The van der Waals surface area contributed by atoms with E-state index in [0.717, 1.165) is 0 Å². The maximum atomic E-state index is 6.81. The minimum atomic E-state index is -0.402. The van der Waals surface area contributed by atoms with Crippen LogP contribution in [-0.4, -0.2) is 253 Å². The predicted octanol–water partition coefficient (Wildman–Crippen LogP) is 5.78. The van der Waals surface area contributed by atoms with Crippen LogP contribution >= 0.6 is 46.4 Å². The van der Waals surface area contributed by atoms with Crippen molar-refractivity contribution in [1.82, 2.24) is 40.0 Å². The van der Waals surface area contributed by atoms with Crippen LogP contribution in [0.2, 0.25) is 20.1 Å². The standard InChI is InChI=1S/C50H74Cl4N8O16/c1-63-7-11-67-15-19-71-23-27-75-33-37(34-76-28-24-72-20-16-68-12-8-64-2)61-31-41(57-59-61)39-5-6-40(48-47(39)55-49-45(53)43(51)44(52)46(54)50(49)56-48)42-32-62(60-58-42)38(35-77-29-25-73-21-17-69-13-9-65-3)36-78-30-26-74-22-18-70-14-10-66-4/h5-6,31-32,37-38H,7-30,33-36H2,1-4H3. The molecule has 3 aromatic heterocycles. The monoisotopic (exact) mass is 1180 g/mol. The molecular weight excluding hydrogens is 1110 g/mol. The molecule has 0 aliphatic carbocycles. The molecule has 24 nitrogen and oxygen atoms in total. The van der Waals surface area contributed by atoms with Crippen LogP contribution in [0.15, 0.2) is 24.5 Å². The fraction of sp³-hybridized carbons (Fsp3) is 0.680. The van der Waals surface area contributed by atoms with Crippen molar-refractivity contribution in [2.45, 2.75) is 12.1 Å². The zero-order valence-electron chi connectivity index (χ0n) is 44.9. The molecule has 0 fully saturated rings. The van der Waals surface area contributed by atoms with E-state index >= 15 is 0 Å². The number of nitrogens with zero attached hydrogens (tertiary/aromatic N) is 8. The molecule has 0 radical (unpaired) electrons. The molecule has 2 aromatic carbocycles. The van der Waals surface area contributed by atoms with Gasteiger partial charge in [0.1, 0.15) is 34.5 Å². The maximum absolute atomic E-state index is 6.81. The lowest BCUT2D eigenvalue weighted by atomic mass is 10.0. The summed E-state index contributed by atoms with van der Waals surface area (Å²) in [7, 11) is 6.50. The Kier molecular flexibility index (Phi) is 33.8. The summed E-state index contributed by atoms with van der Waals surface area (Å²) in [6.07, 6.45) is 3.57. The SMILES string of the molecule is COCCOCCOCCOCC(COCCOCCOCCOC)n1cc(-c2ccc(-c3cn(C(COCCOCCOCCOC)COCCOCCOCCOC)nn3)c3nc4c(Cl)c(Cl)c(Cl)c(Cl)c4nc23)nn1. The van der Waals surface area contributed by atoms with Gasteiger partial charge in [0.05, 0.1) is 229 Å². The summed E-state index contributed by atoms with van der Waals surface area (Å²) < 4.78 is 92.4. The maximum Gasteiger partial charge on any atom is 0.115 e. The number of rotatable bonds is 48. The largest absolute Gasteiger partial charge is 0.382 e. The van der Waals surface area contributed by atoms with E-state index in [-0.39, 0.29) is 57.6 Å². The first-order valence-electron chi connectivity index (χ1n) is 25.5. The van der Waals surface area contributed by atoms with E-state index in [9.17, 15) is 0 Å². The molecular formula is C50H74Cl4N8O16. The smallest absolute Gasteiger partial charge is 0.115 e. The van der Waals surface area contributed by atoms with E-state index in [0.29, 0.717) is 192 Å². The Morgan fingerprint density at radius 3 is 0.833 bits per heavy atom. The van der Waals surface area contributed by atoms with Gasteiger partial charge in [-0.05, 0) is 12.1 Å². The van der Waals surface area contributed by atoms with Gasteiger partial charge >= 0.3 is 0 Å². The second-order valence-electron chi connectivity index (χ2n) is 16.7. The van der Waals surface area contributed by atoms with Crippen LogP contribution in [0.4, 0.5) is 0 Å². The molecule has 0 N–H and O–H groups in total. The highest BCUT2D eigenvalue weighted by molar-refractivity contribution is 6.55. The summed E-state index contributed by atoms with van der Waals surface area (Å²) in [5, 5.41) is 18.5. The minimum Gasteiger partial charge on any atom is -0.382 e. The molecule has 0 spiro atoms. The van der Waals surface area contributed by atoms with Crippen LogP contribution in [0, 0.1) is 0 Å². The van der Waals surface area contributed by atoms with Crippen molar-refractivity contribution in [3.05, 3.63) is 44.6 Å². The molecule has 28 heteroatoms. The summed E-state index contributed by atoms with van der Waals surface area (Å²) in [6.45, 7) is 11.1. The second kappa shape index (κ2) is 40.1. The molecule has 0 atom stereocenters. The summed E-state index contributed by atoms with van der Waals surface area (Å²) in [5.74, 6) is 0. The van der Waals surface area contributed by atoms with E-state index in [1.807, 2.05) is 12.1 Å². The Hall–Kier alpha value is -3.16. The fourth-order valence-corrected chi connectivity index (χ4v) is 7.94. The lowest BCUT2D eigenvalue weighted by Gasteiger charge is -2.18. The van der Waals surface area contributed by atoms with Crippen molar-refractivity contribution in [2.75, 3.05) is 213 Å². The van der Waals surface area contributed by atoms with Crippen LogP contribution in [0.25, 0.3) is 44.6 Å². The van der Waals surface area contributed by atoms with Crippen LogP contribution in [0.1, 0.15) is 12.1 Å². The summed E-state index contributed by atoms with van der Waals surface area (Å²) >= 11 is 26.8. The van der Waals surface area contributed by atoms with Crippen molar-refractivity contribution in [3.63, 3.8) is 0 Å². The van der Waals surface area contributed by atoms with Gasteiger partial charge in [0.2, 0.25) is 0 Å². The third kappa shape index (κ3) is 23.0. The van der Waals surface area contributed by atoms with Gasteiger partial charge in [0, 0.05) is 39.6 Å². The van der Waals surface area contributed by atoms with Crippen LogP contribution < -0.4 is 0 Å².